The van der Waals surface area contributed by atoms with E-state index in [-0.39, 0.29) is 12.0 Å². The van der Waals surface area contributed by atoms with E-state index in [2.05, 4.69) is 4.98 Å². The van der Waals surface area contributed by atoms with Crippen LogP contribution in [-0.2, 0) is 4.74 Å². The maximum atomic E-state index is 11.8. The average molecular weight is 254 g/mol. The topological polar surface area (TPSA) is 77.3 Å². The summed E-state index contributed by atoms with van der Waals surface area (Å²) in [5.41, 5.74) is 8.13. The van der Waals surface area contributed by atoms with E-state index in [0.717, 1.165) is 11.3 Å². The van der Waals surface area contributed by atoms with Gasteiger partial charge in [0.1, 0.15) is 0 Å². The van der Waals surface area contributed by atoms with Gasteiger partial charge in [-0.15, -0.1) is 0 Å². The van der Waals surface area contributed by atoms with Gasteiger partial charge in [-0.25, -0.2) is 4.79 Å². The van der Waals surface area contributed by atoms with E-state index in [4.69, 9.17) is 15.2 Å². The standard InChI is InChI=1S/C13H22N2O3/c1-6-18-13(16)11-12(17-5)8(4)10(15-11)9(14)7(2)3/h7,9,15H,6,14H2,1-5H3. The number of hydrogen-bond donors (Lipinski definition) is 2. The summed E-state index contributed by atoms with van der Waals surface area (Å²) in [4.78, 5) is 14.9. The van der Waals surface area contributed by atoms with Crippen molar-refractivity contribution in [3.63, 3.8) is 0 Å². The van der Waals surface area contributed by atoms with Gasteiger partial charge in [0.2, 0.25) is 0 Å². The fourth-order valence-corrected chi connectivity index (χ4v) is 1.86. The molecule has 0 fully saturated rings. The molecule has 0 aromatic carbocycles. The molecule has 5 nitrogen and oxygen atoms in total. The molecule has 0 amide bonds. The first-order valence-electron chi connectivity index (χ1n) is 6.13. The summed E-state index contributed by atoms with van der Waals surface area (Å²) in [7, 11) is 1.53. The van der Waals surface area contributed by atoms with Gasteiger partial charge in [0.15, 0.2) is 11.4 Å². The lowest BCUT2D eigenvalue weighted by molar-refractivity contribution is 0.0516. The zero-order valence-electron chi connectivity index (χ0n) is 11.7. The van der Waals surface area contributed by atoms with Crippen LogP contribution >= 0.6 is 0 Å². The second-order valence-electron chi connectivity index (χ2n) is 4.56. The molecule has 0 aliphatic rings. The molecule has 0 bridgehead atoms. The monoisotopic (exact) mass is 254 g/mol. The molecule has 0 radical (unpaired) electrons. The summed E-state index contributed by atoms with van der Waals surface area (Å²) in [6, 6.07) is -0.165. The quantitative estimate of drug-likeness (QED) is 0.789. The van der Waals surface area contributed by atoms with Crippen LogP contribution in [0.3, 0.4) is 0 Å². The number of esters is 1. The minimum absolute atomic E-state index is 0.165. The lowest BCUT2D eigenvalue weighted by atomic mass is 10.00. The third kappa shape index (κ3) is 2.67. The van der Waals surface area contributed by atoms with Gasteiger partial charge in [-0.3, -0.25) is 0 Å². The Balaban J connectivity index is 3.21. The fraction of sp³-hybridized carbons (Fsp3) is 0.615. The number of aromatic amines is 1. The number of ether oxygens (including phenoxy) is 2. The van der Waals surface area contributed by atoms with Crippen LogP contribution < -0.4 is 10.5 Å². The Hall–Kier alpha value is -1.49. The van der Waals surface area contributed by atoms with Crippen molar-refractivity contribution >= 4 is 5.97 Å². The molecule has 102 valence electrons. The van der Waals surface area contributed by atoms with E-state index in [1.165, 1.54) is 7.11 Å². The Kier molecular flexibility index (Phi) is 4.78. The minimum Gasteiger partial charge on any atom is -0.494 e. The Morgan fingerprint density at radius 3 is 2.50 bits per heavy atom. The molecule has 0 aliphatic carbocycles. The number of carbonyl (C=O) groups excluding carboxylic acids is 1. The lowest BCUT2D eigenvalue weighted by Gasteiger charge is -2.15. The molecule has 0 saturated carbocycles. The number of carbonyl (C=O) groups is 1. The van der Waals surface area contributed by atoms with Crippen LogP contribution in [0.1, 0.15) is 48.6 Å². The molecule has 18 heavy (non-hydrogen) atoms. The Morgan fingerprint density at radius 2 is 2.06 bits per heavy atom. The summed E-state index contributed by atoms with van der Waals surface area (Å²) in [5, 5.41) is 0. The first-order chi connectivity index (χ1) is 8.43. The molecule has 1 heterocycles. The van der Waals surface area contributed by atoms with Crippen molar-refractivity contribution in [1.29, 1.82) is 0 Å². The van der Waals surface area contributed by atoms with Gasteiger partial charge in [0, 0.05) is 17.3 Å². The molecule has 1 unspecified atom stereocenters. The van der Waals surface area contributed by atoms with Crippen molar-refractivity contribution in [1.82, 2.24) is 4.98 Å². The van der Waals surface area contributed by atoms with Crippen molar-refractivity contribution < 1.29 is 14.3 Å². The zero-order valence-corrected chi connectivity index (χ0v) is 11.7. The van der Waals surface area contributed by atoms with Gasteiger partial charge in [0.05, 0.1) is 13.7 Å². The van der Waals surface area contributed by atoms with Crippen molar-refractivity contribution in [2.45, 2.75) is 33.7 Å². The Morgan fingerprint density at radius 1 is 1.44 bits per heavy atom. The van der Waals surface area contributed by atoms with Crippen molar-refractivity contribution in [2.24, 2.45) is 11.7 Å². The molecule has 0 spiro atoms. The number of rotatable bonds is 5. The SMILES string of the molecule is CCOC(=O)c1[nH]c(C(N)C(C)C)c(C)c1OC. The Labute approximate surface area is 108 Å². The lowest BCUT2D eigenvalue weighted by Crippen LogP contribution is -2.18. The minimum atomic E-state index is -0.417. The summed E-state index contributed by atoms with van der Waals surface area (Å²) in [6.07, 6.45) is 0. The van der Waals surface area contributed by atoms with E-state index in [0.29, 0.717) is 18.1 Å². The van der Waals surface area contributed by atoms with E-state index in [1.807, 2.05) is 20.8 Å². The van der Waals surface area contributed by atoms with Crippen molar-refractivity contribution in [3.8, 4) is 5.75 Å². The molecule has 1 atom stereocenters. The summed E-state index contributed by atoms with van der Waals surface area (Å²) in [6.45, 7) is 8.03. The third-order valence-corrected chi connectivity index (χ3v) is 2.97. The molecule has 5 heteroatoms. The van der Waals surface area contributed by atoms with Crippen LogP contribution in [0.25, 0.3) is 0 Å². The summed E-state index contributed by atoms with van der Waals surface area (Å²) in [5.74, 6) is 0.362. The number of nitrogens with two attached hydrogens (primary N) is 1. The number of hydrogen-bond acceptors (Lipinski definition) is 4. The summed E-state index contributed by atoms with van der Waals surface area (Å²) >= 11 is 0. The van der Waals surface area contributed by atoms with Crippen LogP contribution in [0.15, 0.2) is 0 Å². The van der Waals surface area contributed by atoms with Crippen LogP contribution in [0.5, 0.6) is 5.75 Å². The Bertz CT molecular complexity index is 424. The highest BCUT2D eigenvalue weighted by atomic mass is 16.5. The highest BCUT2D eigenvalue weighted by Crippen LogP contribution is 2.32. The predicted octanol–water partition coefficient (Wildman–Crippen LogP) is 2.16. The van der Waals surface area contributed by atoms with Gasteiger partial charge in [-0.2, -0.15) is 0 Å². The molecule has 1 aromatic heterocycles. The first kappa shape index (κ1) is 14.6. The molecule has 3 N–H and O–H groups in total. The summed E-state index contributed by atoms with van der Waals surface area (Å²) < 4.78 is 10.3. The molecule has 0 aliphatic heterocycles. The van der Waals surface area contributed by atoms with Crippen LogP contribution in [0.4, 0.5) is 0 Å². The van der Waals surface area contributed by atoms with E-state index < -0.39 is 5.97 Å². The molecular weight excluding hydrogens is 232 g/mol. The fourth-order valence-electron chi connectivity index (χ4n) is 1.86. The van der Waals surface area contributed by atoms with Crippen LogP contribution in [0, 0.1) is 12.8 Å². The van der Waals surface area contributed by atoms with E-state index >= 15 is 0 Å². The van der Waals surface area contributed by atoms with Gasteiger partial charge in [-0.1, -0.05) is 13.8 Å². The van der Waals surface area contributed by atoms with E-state index in [9.17, 15) is 4.79 Å². The molecule has 1 rings (SSSR count). The van der Waals surface area contributed by atoms with E-state index in [1.54, 1.807) is 6.92 Å². The normalized spacial score (nSPS) is 12.6. The highest BCUT2D eigenvalue weighted by molar-refractivity contribution is 5.91. The molecule has 1 aromatic rings. The second-order valence-corrected chi connectivity index (χ2v) is 4.56. The third-order valence-electron chi connectivity index (χ3n) is 2.97. The first-order valence-corrected chi connectivity index (χ1v) is 6.13. The van der Waals surface area contributed by atoms with Gasteiger partial charge in [0.25, 0.3) is 0 Å². The number of nitrogens with one attached hydrogen (secondary N) is 1. The number of aromatic nitrogens is 1. The molecular formula is C13H22N2O3. The second kappa shape index (κ2) is 5.91. The zero-order chi connectivity index (χ0) is 13.9. The maximum Gasteiger partial charge on any atom is 0.358 e. The maximum absolute atomic E-state index is 11.8. The number of methoxy groups -OCH3 is 1. The smallest absolute Gasteiger partial charge is 0.358 e. The van der Waals surface area contributed by atoms with Crippen molar-refractivity contribution in [2.75, 3.05) is 13.7 Å². The highest BCUT2D eigenvalue weighted by Gasteiger charge is 2.25. The van der Waals surface area contributed by atoms with Crippen LogP contribution in [0.2, 0.25) is 0 Å². The largest absolute Gasteiger partial charge is 0.494 e. The van der Waals surface area contributed by atoms with Gasteiger partial charge in [-0.05, 0) is 19.8 Å². The predicted molar refractivity (Wildman–Crippen MR) is 69.8 cm³/mol. The van der Waals surface area contributed by atoms with Crippen molar-refractivity contribution in [3.05, 3.63) is 17.0 Å². The van der Waals surface area contributed by atoms with Gasteiger partial charge < -0.3 is 20.2 Å². The molecule has 0 saturated heterocycles. The number of H-pyrrole nitrogens is 1. The van der Waals surface area contributed by atoms with Gasteiger partial charge >= 0.3 is 5.97 Å². The van der Waals surface area contributed by atoms with Crippen LogP contribution in [-0.4, -0.2) is 24.7 Å². The average Bonchev–Trinajstić information content (AvgIpc) is 2.65.